The molecule has 0 aliphatic heterocycles. The van der Waals surface area contributed by atoms with Gasteiger partial charge in [-0.2, -0.15) is 0 Å². The molecule has 82 valence electrons. The van der Waals surface area contributed by atoms with Gasteiger partial charge < -0.3 is 5.73 Å². The summed E-state index contributed by atoms with van der Waals surface area (Å²) in [6, 6.07) is 7.37. The molecule has 0 atom stereocenters. The van der Waals surface area contributed by atoms with E-state index in [4.69, 9.17) is 17.3 Å². The monoisotopic (exact) mass is 297 g/mol. The van der Waals surface area contributed by atoms with Gasteiger partial charge in [-0.05, 0) is 35.0 Å². The van der Waals surface area contributed by atoms with Crippen molar-refractivity contribution in [3.8, 4) is 11.4 Å². The molecule has 0 aliphatic carbocycles. The van der Waals surface area contributed by atoms with E-state index >= 15 is 0 Å². The summed E-state index contributed by atoms with van der Waals surface area (Å²) in [7, 11) is 0. The largest absolute Gasteiger partial charge is 0.383 e. The number of rotatable bonds is 1. The van der Waals surface area contributed by atoms with Crippen LogP contribution in [0.2, 0.25) is 5.02 Å². The van der Waals surface area contributed by atoms with Crippen LogP contribution >= 0.6 is 27.5 Å². The molecule has 0 radical (unpaired) electrons. The number of aryl methyl sites for hydroxylation is 1. The minimum atomic E-state index is 0.433. The molecule has 0 amide bonds. The lowest BCUT2D eigenvalue weighted by Gasteiger charge is -2.05. The molecular formula is C11H9BrClN3. The SMILES string of the molecule is Cc1nc(-c2cccc(Cl)c2)nc(N)c1Br. The topological polar surface area (TPSA) is 51.8 Å². The van der Waals surface area contributed by atoms with Gasteiger partial charge in [0.2, 0.25) is 0 Å². The summed E-state index contributed by atoms with van der Waals surface area (Å²) < 4.78 is 0.735. The molecule has 2 N–H and O–H groups in total. The minimum Gasteiger partial charge on any atom is -0.383 e. The average molecular weight is 299 g/mol. The maximum atomic E-state index is 5.91. The zero-order chi connectivity index (χ0) is 11.7. The Hall–Kier alpha value is -1.13. The summed E-state index contributed by atoms with van der Waals surface area (Å²) in [6.45, 7) is 1.87. The lowest BCUT2D eigenvalue weighted by Crippen LogP contribution is -1.99. The van der Waals surface area contributed by atoms with E-state index in [0.717, 1.165) is 15.7 Å². The second kappa shape index (κ2) is 4.39. The highest BCUT2D eigenvalue weighted by Crippen LogP contribution is 2.25. The Labute approximate surface area is 107 Å². The molecule has 1 aromatic carbocycles. The van der Waals surface area contributed by atoms with E-state index in [1.54, 1.807) is 6.07 Å². The summed E-state index contributed by atoms with van der Waals surface area (Å²) in [5, 5.41) is 0.653. The van der Waals surface area contributed by atoms with Crippen LogP contribution in [-0.2, 0) is 0 Å². The number of nitrogen functional groups attached to an aromatic ring is 1. The molecule has 2 aromatic rings. The van der Waals surface area contributed by atoms with Crippen molar-refractivity contribution in [2.45, 2.75) is 6.92 Å². The standard InChI is InChI=1S/C11H9BrClN3/c1-6-9(12)10(14)16-11(15-6)7-3-2-4-8(13)5-7/h2-5H,1H3,(H2,14,15,16). The normalized spacial score (nSPS) is 10.4. The van der Waals surface area contributed by atoms with Gasteiger partial charge in [-0.3, -0.25) is 0 Å². The van der Waals surface area contributed by atoms with E-state index in [2.05, 4.69) is 25.9 Å². The lowest BCUT2D eigenvalue weighted by atomic mass is 10.2. The van der Waals surface area contributed by atoms with Gasteiger partial charge in [0.25, 0.3) is 0 Å². The van der Waals surface area contributed by atoms with Crippen molar-refractivity contribution < 1.29 is 0 Å². The highest BCUT2D eigenvalue weighted by molar-refractivity contribution is 9.10. The van der Waals surface area contributed by atoms with Crippen LogP contribution in [0.15, 0.2) is 28.7 Å². The first-order valence-electron chi connectivity index (χ1n) is 4.63. The second-order valence-electron chi connectivity index (χ2n) is 3.34. The van der Waals surface area contributed by atoms with Crippen molar-refractivity contribution in [3.05, 3.63) is 39.5 Å². The molecule has 3 nitrogen and oxygen atoms in total. The fourth-order valence-corrected chi connectivity index (χ4v) is 1.71. The zero-order valence-electron chi connectivity index (χ0n) is 8.54. The van der Waals surface area contributed by atoms with Crippen molar-refractivity contribution in [2.75, 3.05) is 5.73 Å². The summed E-state index contributed by atoms with van der Waals surface area (Å²) in [4.78, 5) is 8.55. The smallest absolute Gasteiger partial charge is 0.161 e. The van der Waals surface area contributed by atoms with Gasteiger partial charge in [0, 0.05) is 10.6 Å². The average Bonchev–Trinajstić information content (AvgIpc) is 2.25. The summed E-state index contributed by atoms with van der Waals surface area (Å²) >= 11 is 9.23. The van der Waals surface area contributed by atoms with Gasteiger partial charge in [0.15, 0.2) is 5.82 Å². The molecule has 0 spiro atoms. The van der Waals surface area contributed by atoms with Crippen molar-refractivity contribution in [3.63, 3.8) is 0 Å². The quantitative estimate of drug-likeness (QED) is 0.877. The number of hydrogen-bond donors (Lipinski definition) is 1. The Bertz CT molecular complexity index is 519. The van der Waals surface area contributed by atoms with Crippen molar-refractivity contribution in [1.29, 1.82) is 0 Å². The van der Waals surface area contributed by atoms with E-state index in [1.807, 2.05) is 25.1 Å². The fourth-order valence-electron chi connectivity index (χ4n) is 1.34. The number of benzene rings is 1. The van der Waals surface area contributed by atoms with E-state index in [9.17, 15) is 0 Å². The zero-order valence-corrected chi connectivity index (χ0v) is 10.9. The predicted molar refractivity (Wildman–Crippen MR) is 69.3 cm³/mol. The second-order valence-corrected chi connectivity index (χ2v) is 4.57. The van der Waals surface area contributed by atoms with Crippen LogP contribution in [0.1, 0.15) is 5.69 Å². The molecule has 1 aromatic heterocycles. The number of aromatic nitrogens is 2. The predicted octanol–water partition coefficient (Wildman–Crippen LogP) is 3.45. The van der Waals surface area contributed by atoms with Crippen molar-refractivity contribution in [2.24, 2.45) is 0 Å². The third-order valence-corrected chi connectivity index (χ3v) is 3.34. The number of hydrogen-bond acceptors (Lipinski definition) is 3. The molecular weight excluding hydrogens is 289 g/mol. The van der Waals surface area contributed by atoms with Crippen LogP contribution in [0, 0.1) is 6.92 Å². The highest BCUT2D eigenvalue weighted by atomic mass is 79.9. The summed E-state index contributed by atoms with van der Waals surface area (Å²) in [5.74, 6) is 1.02. The van der Waals surface area contributed by atoms with Gasteiger partial charge in [-0.25, -0.2) is 9.97 Å². The number of anilines is 1. The molecule has 1 heterocycles. The maximum absolute atomic E-state index is 5.91. The molecule has 0 fully saturated rings. The summed E-state index contributed by atoms with van der Waals surface area (Å²) in [5.41, 5.74) is 7.43. The molecule has 16 heavy (non-hydrogen) atoms. The van der Waals surface area contributed by atoms with Crippen LogP contribution in [0.25, 0.3) is 11.4 Å². The maximum Gasteiger partial charge on any atom is 0.161 e. The van der Waals surface area contributed by atoms with Crippen LogP contribution < -0.4 is 5.73 Å². The summed E-state index contributed by atoms with van der Waals surface area (Å²) in [6.07, 6.45) is 0. The van der Waals surface area contributed by atoms with Gasteiger partial charge in [-0.1, -0.05) is 23.7 Å². The highest BCUT2D eigenvalue weighted by Gasteiger charge is 2.08. The Kier molecular flexibility index (Phi) is 3.12. The molecule has 0 saturated carbocycles. The van der Waals surface area contributed by atoms with Crippen LogP contribution in [-0.4, -0.2) is 9.97 Å². The molecule has 0 saturated heterocycles. The van der Waals surface area contributed by atoms with Gasteiger partial charge in [0.1, 0.15) is 5.82 Å². The van der Waals surface area contributed by atoms with E-state index in [0.29, 0.717) is 16.7 Å². The van der Waals surface area contributed by atoms with E-state index < -0.39 is 0 Å². The third-order valence-electron chi connectivity index (χ3n) is 2.13. The Balaban J connectivity index is 2.57. The van der Waals surface area contributed by atoms with Gasteiger partial charge >= 0.3 is 0 Å². The van der Waals surface area contributed by atoms with Crippen LogP contribution in [0.5, 0.6) is 0 Å². The van der Waals surface area contributed by atoms with Crippen LogP contribution in [0.4, 0.5) is 5.82 Å². The minimum absolute atomic E-state index is 0.433. The molecule has 5 heteroatoms. The Morgan fingerprint density at radius 1 is 1.31 bits per heavy atom. The van der Waals surface area contributed by atoms with E-state index in [1.165, 1.54) is 0 Å². The molecule has 2 rings (SSSR count). The van der Waals surface area contributed by atoms with Crippen LogP contribution in [0.3, 0.4) is 0 Å². The first-order chi connectivity index (χ1) is 7.58. The van der Waals surface area contributed by atoms with E-state index in [-0.39, 0.29) is 0 Å². The number of halogens is 2. The van der Waals surface area contributed by atoms with Crippen molar-refractivity contribution >= 4 is 33.3 Å². The fraction of sp³-hybridized carbons (Fsp3) is 0.0909. The first kappa shape index (κ1) is 11.4. The molecule has 0 aliphatic rings. The van der Waals surface area contributed by atoms with Crippen molar-refractivity contribution in [1.82, 2.24) is 9.97 Å². The number of nitrogens with zero attached hydrogens (tertiary/aromatic N) is 2. The number of nitrogens with two attached hydrogens (primary N) is 1. The molecule has 0 bridgehead atoms. The first-order valence-corrected chi connectivity index (χ1v) is 5.80. The lowest BCUT2D eigenvalue weighted by molar-refractivity contribution is 1.10. The van der Waals surface area contributed by atoms with Gasteiger partial charge in [0.05, 0.1) is 10.2 Å². The van der Waals surface area contributed by atoms with Gasteiger partial charge in [-0.15, -0.1) is 0 Å². The Morgan fingerprint density at radius 3 is 2.69 bits per heavy atom. The third kappa shape index (κ3) is 2.18. The molecule has 0 unspecified atom stereocenters. The Morgan fingerprint density at radius 2 is 2.06 bits per heavy atom.